The third-order valence-corrected chi connectivity index (χ3v) is 5.54. The van der Waals surface area contributed by atoms with E-state index in [1.165, 1.54) is 16.7 Å². The fourth-order valence-electron chi connectivity index (χ4n) is 3.16. The number of rotatable bonds is 13. The molecule has 0 radical (unpaired) electrons. The second-order valence-electron chi connectivity index (χ2n) is 7.23. The van der Waals surface area contributed by atoms with Crippen molar-refractivity contribution in [2.75, 3.05) is 25.2 Å². The van der Waals surface area contributed by atoms with Gasteiger partial charge >= 0.3 is 5.97 Å². The van der Waals surface area contributed by atoms with Crippen molar-refractivity contribution in [1.29, 1.82) is 0 Å². The minimum atomic E-state index is -1.37. The molecule has 1 heterocycles. The van der Waals surface area contributed by atoms with E-state index in [0.717, 1.165) is 0 Å². The van der Waals surface area contributed by atoms with Gasteiger partial charge in [0.1, 0.15) is 18.1 Å². The number of carboxylic acids is 1. The van der Waals surface area contributed by atoms with E-state index in [-0.39, 0.29) is 25.8 Å². The van der Waals surface area contributed by atoms with Crippen LogP contribution < -0.4 is 22.1 Å². The highest BCUT2D eigenvalue weighted by Crippen LogP contribution is 2.19. The number of aliphatic hydroxyl groups excluding tert-OH is 1. The number of thioether (sulfide) groups is 1. The van der Waals surface area contributed by atoms with Crippen LogP contribution in [0.3, 0.4) is 0 Å². The Morgan fingerprint density at radius 1 is 1.16 bits per heavy atom. The maximum atomic E-state index is 12.7. The van der Waals surface area contributed by atoms with Crippen LogP contribution in [0.1, 0.15) is 32.1 Å². The van der Waals surface area contributed by atoms with Crippen molar-refractivity contribution in [3.63, 3.8) is 0 Å². The molecule has 176 valence electrons. The van der Waals surface area contributed by atoms with Gasteiger partial charge in [-0.2, -0.15) is 11.8 Å². The second kappa shape index (κ2) is 13.1. The van der Waals surface area contributed by atoms with Gasteiger partial charge in [0.15, 0.2) is 0 Å². The molecule has 31 heavy (non-hydrogen) atoms. The lowest BCUT2D eigenvalue weighted by Crippen LogP contribution is -2.57. The van der Waals surface area contributed by atoms with Gasteiger partial charge in [-0.1, -0.05) is 0 Å². The van der Waals surface area contributed by atoms with Crippen molar-refractivity contribution in [1.82, 2.24) is 15.5 Å². The number of nitrogens with two attached hydrogens (primary N) is 2. The van der Waals surface area contributed by atoms with Crippen LogP contribution in [0, 0.1) is 0 Å². The number of aliphatic carboxylic acids is 1. The molecule has 4 atom stereocenters. The summed E-state index contributed by atoms with van der Waals surface area (Å²) >= 11 is 1.42. The average Bonchev–Trinajstić information content (AvgIpc) is 3.21. The van der Waals surface area contributed by atoms with Crippen molar-refractivity contribution in [2.24, 2.45) is 11.5 Å². The van der Waals surface area contributed by atoms with Crippen molar-refractivity contribution >= 4 is 41.4 Å². The van der Waals surface area contributed by atoms with Crippen molar-refractivity contribution in [2.45, 2.75) is 56.3 Å². The summed E-state index contributed by atoms with van der Waals surface area (Å²) in [5.74, 6) is -3.30. The molecule has 0 aromatic heterocycles. The molecule has 4 amide bonds. The fraction of sp³-hybridized carbons (Fsp3) is 0.722. The number of hydrogen-bond donors (Lipinski definition) is 6. The number of aliphatic hydroxyl groups is 1. The van der Waals surface area contributed by atoms with Gasteiger partial charge in [0.2, 0.25) is 23.6 Å². The van der Waals surface area contributed by atoms with Crippen LogP contribution in [0.15, 0.2) is 0 Å². The number of amides is 4. The molecular formula is C18H31N5O7S. The van der Waals surface area contributed by atoms with Gasteiger partial charge in [-0.25, -0.2) is 4.79 Å². The molecule has 0 bridgehead atoms. The average molecular weight is 462 g/mol. The Balaban J connectivity index is 2.74. The fourth-order valence-corrected chi connectivity index (χ4v) is 3.64. The molecule has 4 unspecified atom stereocenters. The molecule has 0 aliphatic carbocycles. The molecule has 0 aromatic rings. The molecule has 1 saturated heterocycles. The molecule has 0 spiro atoms. The predicted molar refractivity (Wildman–Crippen MR) is 113 cm³/mol. The zero-order valence-corrected chi connectivity index (χ0v) is 18.2. The first-order chi connectivity index (χ1) is 14.6. The highest BCUT2D eigenvalue weighted by molar-refractivity contribution is 7.98. The first-order valence-electron chi connectivity index (χ1n) is 9.90. The third kappa shape index (κ3) is 8.34. The van der Waals surface area contributed by atoms with Crippen LogP contribution in [-0.4, -0.2) is 94.0 Å². The third-order valence-electron chi connectivity index (χ3n) is 4.90. The summed E-state index contributed by atoms with van der Waals surface area (Å²) in [6, 6.07) is -4.41. The summed E-state index contributed by atoms with van der Waals surface area (Å²) in [5, 5.41) is 23.4. The zero-order valence-electron chi connectivity index (χ0n) is 17.4. The summed E-state index contributed by atoms with van der Waals surface area (Å²) in [5.41, 5.74) is 10.9. The van der Waals surface area contributed by atoms with E-state index < -0.39 is 60.4 Å². The van der Waals surface area contributed by atoms with Gasteiger partial charge in [-0.15, -0.1) is 0 Å². The molecule has 13 heteroatoms. The van der Waals surface area contributed by atoms with Crippen molar-refractivity contribution in [3.05, 3.63) is 0 Å². The van der Waals surface area contributed by atoms with Gasteiger partial charge in [0.25, 0.3) is 0 Å². The monoisotopic (exact) mass is 461 g/mol. The zero-order chi connectivity index (χ0) is 23.6. The maximum Gasteiger partial charge on any atom is 0.326 e. The van der Waals surface area contributed by atoms with Crippen molar-refractivity contribution in [3.8, 4) is 0 Å². The van der Waals surface area contributed by atoms with E-state index in [2.05, 4.69) is 10.6 Å². The summed E-state index contributed by atoms with van der Waals surface area (Å²) < 4.78 is 0. The minimum Gasteiger partial charge on any atom is -0.480 e. The number of carbonyl (C=O) groups excluding carboxylic acids is 4. The van der Waals surface area contributed by atoms with Gasteiger partial charge in [-0.3, -0.25) is 19.2 Å². The molecule has 1 rings (SSSR count). The SMILES string of the molecule is CSCCC(NC(=O)C(CO)NC(=O)C1CCCN1C(=O)C(N)CCC(N)=O)C(=O)O. The van der Waals surface area contributed by atoms with Crippen molar-refractivity contribution < 1.29 is 34.2 Å². The lowest BCUT2D eigenvalue weighted by atomic mass is 10.1. The molecule has 0 saturated carbocycles. The number of carbonyl (C=O) groups is 5. The Labute approximate surface area is 184 Å². The highest BCUT2D eigenvalue weighted by atomic mass is 32.2. The highest BCUT2D eigenvalue weighted by Gasteiger charge is 2.37. The van der Waals surface area contributed by atoms with Crippen LogP contribution in [0.2, 0.25) is 0 Å². The van der Waals surface area contributed by atoms with Crippen LogP contribution >= 0.6 is 11.8 Å². The van der Waals surface area contributed by atoms with Crippen LogP contribution in [0.25, 0.3) is 0 Å². The van der Waals surface area contributed by atoms with E-state index >= 15 is 0 Å². The van der Waals surface area contributed by atoms with Gasteiger partial charge in [-0.05, 0) is 37.7 Å². The molecule has 8 N–H and O–H groups in total. The largest absolute Gasteiger partial charge is 0.480 e. The number of hydrogen-bond acceptors (Lipinski definition) is 8. The normalized spacial score (nSPS) is 18.7. The summed E-state index contributed by atoms with van der Waals surface area (Å²) in [4.78, 5) is 61.1. The summed E-state index contributed by atoms with van der Waals surface area (Å²) in [6.07, 6.45) is 2.84. The lowest BCUT2D eigenvalue weighted by molar-refractivity contribution is -0.143. The van der Waals surface area contributed by atoms with Crippen LogP contribution in [-0.2, 0) is 24.0 Å². The molecular weight excluding hydrogens is 430 g/mol. The smallest absolute Gasteiger partial charge is 0.326 e. The van der Waals surface area contributed by atoms with E-state index in [4.69, 9.17) is 11.5 Å². The maximum absolute atomic E-state index is 12.7. The molecule has 1 fully saturated rings. The van der Waals surface area contributed by atoms with Gasteiger partial charge < -0.3 is 37.2 Å². The van der Waals surface area contributed by atoms with Gasteiger partial charge in [0, 0.05) is 13.0 Å². The molecule has 0 aromatic carbocycles. The molecule has 1 aliphatic rings. The number of primary amides is 1. The van der Waals surface area contributed by atoms with Crippen LogP contribution in [0.5, 0.6) is 0 Å². The number of likely N-dealkylation sites (tertiary alicyclic amines) is 1. The van der Waals surface area contributed by atoms with E-state index in [9.17, 15) is 34.2 Å². The summed E-state index contributed by atoms with van der Waals surface area (Å²) in [7, 11) is 0. The standard InChI is InChI=1S/C18H31N5O7S/c1-31-8-6-11(18(29)30)21-15(26)12(9-24)22-16(27)13-3-2-7-23(13)17(28)10(19)4-5-14(20)25/h10-13,24H,2-9,19H2,1H3,(H2,20,25)(H,21,26)(H,22,27)(H,29,30). The van der Waals surface area contributed by atoms with E-state index in [1.54, 1.807) is 6.26 Å². The Bertz CT molecular complexity index is 678. The molecule has 12 nitrogen and oxygen atoms in total. The van der Waals surface area contributed by atoms with E-state index in [0.29, 0.717) is 18.6 Å². The Kier molecular flexibility index (Phi) is 11.3. The number of nitrogens with zero attached hydrogens (tertiary/aromatic N) is 1. The minimum absolute atomic E-state index is 0.0489. The van der Waals surface area contributed by atoms with Gasteiger partial charge in [0.05, 0.1) is 12.6 Å². The number of carboxylic acid groups (broad SMARTS) is 1. The Morgan fingerprint density at radius 3 is 2.39 bits per heavy atom. The lowest BCUT2D eigenvalue weighted by Gasteiger charge is -2.28. The second-order valence-corrected chi connectivity index (χ2v) is 8.21. The predicted octanol–water partition coefficient (Wildman–Crippen LogP) is -2.63. The summed E-state index contributed by atoms with van der Waals surface area (Å²) in [6.45, 7) is -0.460. The first kappa shape index (κ1) is 26.7. The number of nitrogens with one attached hydrogen (secondary N) is 2. The first-order valence-corrected chi connectivity index (χ1v) is 11.3. The van der Waals surface area contributed by atoms with Crippen LogP contribution in [0.4, 0.5) is 0 Å². The molecule has 1 aliphatic heterocycles. The quantitative estimate of drug-likeness (QED) is 0.169. The Morgan fingerprint density at radius 2 is 1.84 bits per heavy atom. The topological polar surface area (TPSA) is 205 Å². The van der Waals surface area contributed by atoms with E-state index in [1.807, 2.05) is 0 Å². The Hall–Kier alpha value is -2.38.